The van der Waals surface area contributed by atoms with Gasteiger partial charge in [0.15, 0.2) is 5.58 Å². The number of nitrogens with one attached hydrogen (secondary N) is 1. The molecule has 0 aliphatic heterocycles. The van der Waals surface area contributed by atoms with Gasteiger partial charge < -0.3 is 14.6 Å². The van der Waals surface area contributed by atoms with Crippen LogP contribution in [0.2, 0.25) is 0 Å². The number of para-hydroxylation sites is 1. The van der Waals surface area contributed by atoms with Crippen LogP contribution in [-0.2, 0) is 6.54 Å². The zero-order chi connectivity index (χ0) is 24.4. The molecule has 0 fully saturated rings. The normalized spacial score (nSPS) is 11.3. The maximum Gasteiger partial charge on any atom is 0.419 e. The van der Waals surface area contributed by atoms with Crippen LogP contribution < -0.4 is 11.1 Å². The first-order valence-corrected chi connectivity index (χ1v) is 11.3. The number of aromatic nitrogens is 3. The lowest BCUT2D eigenvalue weighted by Crippen LogP contribution is -2.23. The fourth-order valence-corrected chi connectivity index (χ4v) is 3.91. The molecule has 0 aliphatic carbocycles. The van der Waals surface area contributed by atoms with Gasteiger partial charge in [0.1, 0.15) is 5.69 Å². The first-order chi connectivity index (χ1) is 17.0. The Morgan fingerprint density at radius 2 is 1.71 bits per heavy atom. The molecule has 8 nitrogen and oxygen atoms in total. The third kappa shape index (κ3) is 4.64. The number of benzene rings is 3. The predicted molar refractivity (Wildman–Crippen MR) is 136 cm³/mol. The Kier molecular flexibility index (Phi) is 6.03. The van der Waals surface area contributed by atoms with Gasteiger partial charge >= 0.3 is 5.76 Å². The minimum Gasteiger partial charge on any atom is -0.408 e. The summed E-state index contributed by atoms with van der Waals surface area (Å²) in [4.78, 5) is 27.7. The summed E-state index contributed by atoms with van der Waals surface area (Å²) in [5.74, 6) is -0.711. The second-order valence-corrected chi connectivity index (χ2v) is 8.50. The number of hydrogen-bond donors (Lipinski definition) is 1. The summed E-state index contributed by atoms with van der Waals surface area (Å²) in [5, 5.41) is 7.68. The summed E-state index contributed by atoms with van der Waals surface area (Å²) in [6, 6.07) is 24.4. The number of nitrogens with zero attached hydrogens (tertiary/aromatic N) is 4. The molecule has 0 radical (unpaired) electrons. The zero-order valence-electron chi connectivity index (χ0n) is 19.5. The van der Waals surface area contributed by atoms with Gasteiger partial charge in [-0.1, -0.05) is 48.5 Å². The van der Waals surface area contributed by atoms with E-state index in [1.165, 1.54) is 0 Å². The lowest BCUT2D eigenvalue weighted by atomic mass is 10.1. The van der Waals surface area contributed by atoms with Gasteiger partial charge in [-0.2, -0.15) is 5.10 Å². The van der Waals surface area contributed by atoms with Gasteiger partial charge in [0, 0.05) is 30.5 Å². The molecule has 0 spiro atoms. The fraction of sp³-hybridized carbons (Fsp3) is 0.148. The van der Waals surface area contributed by atoms with Crippen molar-refractivity contribution in [3.8, 4) is 16.9 Å². The summed E-state index contributed by atoms with van der Waals surface area (Å²) in [5.41, 5.74) is 4.40. The average molecular weight is 468 g/mol. The van der Waals surface area contributed by atoms with Crippen molar-refractivity contribution in [1.29, 1.82) is 0 Å². The molecular formula is C27H25N5O3. The lowest BCUT2D eigenvalue weighted by molar-refractivity contribution is 0.102. The summed E-state index contributed by atoms with van der Waals surface area (Å²) in [6.07, 6.45) is 1.73. The zero-order valence-corrected chi connectivity index (χ0v) is 19.5. The van der Waals surface area contributed by atoms with Crippen LogP contribution >= 0.6 is 0 Å². The standard InChI is InChI=1S/C27H25N5O3/c1-30(2)15-16-31-23-17-20(13-14-24(23)35-27(31)34)28-26(33)22-18-32(21-11-7-4-8-12-21)29-25(22)19-9-5-3-6-10-19/h3-14,17-18H,15-16H2,1-2H3,(H,28,33). The van der Waals surface area contributed by atoms with Crippen LogP contribution in [-0.4, -0.2) is 45.8 Å². The molecule has 0 saturated heterocycles. The highest BCUT2D eigenvalue weighted by Crippen LogP contribution is 2.25. The maximum atomic E-state index is 13.4. The second kappa shape index (κ2) is 9.44. The number of oxazole rings is 1. The second-order valence-electron chi connectivity index (χ2n) is 8.50. The topological polar surface area (TPSA) is 85.3 Å². The predicted octanol–water partition coefficient (Wildman–Crippen LogP) is 4.26. The molecule has 5 aromatic rings. The van der Waals surface area contributed by atoms with E-state index in [9.17, 15) is 9.59 Å². The minimum absolute atomic E-state index is 0.295. The van der Waals surface area contributed by atoms with E-state index >= 15 is 0 Å². The first kappa shape index (κ1) is 22.4. The van der Waals surface area contributed by atoms with E-state index in [1.54, 1.807) is 33.6 Å². The average Bonchev–Trinajstić information content (AvgIpc) is 3.45. The van der Waals surface area contributed by atoms with Gasteiger partial charge in [-0.25, -0.2) is 9.48 Å². The molecule has 0 saturated carbocycles. The summed E-state index contributed by atoms with van der Waals surface area (Å²) < 4.78 is 8.65. The Hall–Kier alpha value is -4.43. The van der Waals surface area contributed by atoms with E-state index in [1.807, 2.05) is 79.7 Å². The Balaban J connectivity index is 1.50. The van der Waals surface area contributed by atoms with Crippen molar-refractivity contribution in [1.82, 2.24) is 19.2 Å². The van der Waals surface area contributed by atoms with Gasteiger partial charge in [-0.3, -0.25) is 9.36 Å². The quantitative estimate of drug-likeness (QED) is 0.387. The molecule has 3 aromatic carbocycles. The Morgan fingerprint density at radius 3 is 2.43 bits per heavy atom. The molecule has 0 bridgehead atoms. The van der Waals surface area contributed by atoms with Crippen molar-refractivity contribution in [3.63, 3.8) is 0 Å². The molecule has 176 valence electrons. The fourth-order valence-electron chi connectivity index (χ4n) is 3.91. The van der Waals surface area contributed by atoms with Crippen molar-refractivity contribution in [2.45, 2.75) is 6.54 Å². The number of fused-ring (bicyclic) bond motifs is 1. The van der Waals surface area contributed by atoms with Crippen LogP contribution in [0.4, 0.5) is 5.69 Å². The van der Waals surface area contributed by atoms with E-state index in [0.29, 0.717) is 41.1 Å². The molecular weight excluding hydrogens is 442 g/mol. The maximum absolute atomic E-state index is 13.4. The lowest BCUT2D eigenvalue weighted by Gasteiger charge is -2.10. The van der Waals surface area contributed by atoms with Gasteiger partial charge in [-0.05, 0) is 44.4 Å². The van der Waals surface area contributed by atoms with Crippen molar-refractivity contribution in [3.05, 3.63) is 101 Å². The van der Waals surface area contributed by atoms with E-state index in [0.717, 1.165) is 11.3 Å². The Bertz CT molecular complexity index is 1530. The van der Waals surface area contributed by atoms with Crippen molar-refractivity contribution < 1.29 is 9.21 Å². The van der Waals surface area contributed by atoms with Gasteiger partial charge in [-0.15, -0.1) is 0 Å². The number of anilines is 1. The van der Waals surface area contributed by atoms with E-state index in [2.05, 4.69) is 5.32 Å². The first-order valence-electron chi connectivity index (χ1n) is 11.3. The Morgan fingerprint density at radius 1 is 1.00 bits per heavy atom. The molecule has 0 aliphatic rings. The van der Waals surface area contributed by atoms with Crippen LogP contribution in [0.25, 0.3) is 28.0 Å². The van der Waals surface area contributed by atoms with Crippen LogP contribution in [0.5, 0.6) is 0 Å². The molecule has 0 atom stereocenters. The number of amides is 1. The summed E-state index contributed by atoms with van der Waals surface area (Å²) >= 11 is 0. The number of likely N-dealkylation sites (N-methyl/N-ethyl adjacent to an activating group) is 1. The van der Waals surface area contributed by atoms with Crippen molar-refractivity contribution in [2.75, 3.05) is 26.0 Å². The molecule has 1 amide bonds. The number of carbonyl (C=O) groups is 1. The minimum atomic E-state index is -0.416. The van der Waals surface area contributed by atoms with E-state index in [4.69, 9.17) is 9.52 Å². The summed E-state index contributed by atoms with van der Waals surface area (Å²) in [6.45, 7) is 1.17. The van der Waals surface area contributed by atoms with Crippen LogP contribution in [0.1, 0.15) is 10.4 Å². The highest BCUT2D eigenvalue weighted by molar-refractivity contribution is 6.08. The van der Waals surface area contributed by atoms with Gasteiger partial charge in [0.2, 0.25) is 0 Å². The molecule has 5 rings (SSSR count). The molecule has 35 heavy (non-hydrogen) atoms. The highest BCUT2D eigenvalue weighted by Gasteiger charge is 2.19. The molecule has 1 N–H and O–H groups in total. The number of carbonyl (C=O) groups excluding carboxylic acids is 1. The monoisotopic (exact) mass is 467 g/mol. The number of rotatable bonds is 7. The Labute approximate surface area is 202 Å². The van der Waals surface area contributed by atoms with Crippen LogP contribution in [0.15, 0.2) is 94.3 Å². The van der Waals surface area contributed by atoms with Crippen molar-refractivity contribution in [2.24, 2.45) is 0 Å². The SMILES string of the molecule is CN(C)CCn1c(=O)oc2ccc(NC(=O)c3cn(-c4ccccc4)nc3-c3ccccc3)cc21. The summed E-state index contributed by atoms with van der Waals surface area (Å²) in [7, 11) is 3.89. The van der Waals surface area contributed by atoms with Gasteiger partial charge in [0.05, 0.1) is 16.8 Å². The highest BCUT2D eigenvalue weighted by atomic mass is 16.4. The van der Waals surface area contributed by atoms with E-state index < -0.39 is 5.76 Å². The third-order valence-corrected chi connectivity index (χ3v) is 5.72. The molecule has 8 heteroatoms. The van der Waals surface area contributed by atoms with Crippen LogP contribution in [0, 0.1) is 0 Å². The smallest absolute Gasteiger partial charge is 0.408 e. The third-order valence-electron chi connectivity index (χ3n) is 5.72. The molecule has 2 aromatic heterocycles. The van der Waals surface area contributed by atoms with E-state index in [-0.39, 0.29) is 5.91 Å². The number of hydrogen-bond acceptors (Lipinski definition) is 5. The molecule has 0 unspecified atom stereocenters. The van der Waals surface area contributed by atoms with Crippen LogP contribution in [0.3, 0.4) is 0 Å². The van der Waals surface area contributed by atoms with Crippen molar-refractivity contribution >= 4 is 22.7 Å². The largest absolute Gasteiger partial charge is 0.419 e. The van der Waals surface area contributed by atoms with Gasteiger partial charge in [0.25, 0.3) is 5.91 Å². The molecule has 2 heterocycles.